The van der Waals surface area contributed by atoms with Gasteiger partial charge >= 0.3 is 0 Å². The molecule has 4 heteroatoms. The van der Waals surface area contributed by atoms with Crippen LogP contribution in [0.15, 0.2) is 48.5 Å². The van der Waals surface area contributed by atoms with E-state index in [0.29, 0.717) is 16.3 Å². The Labute approximate surface area is 145 Å². The minimum absolute atomic E-state index is 0.200. The summed E-state index contributed by atoms with van der Waals surface area (Å²) < 4.78 is 0. The number of aryl methyl sites for hydroxylation is 2. The lowest BCUT2D eigenvalue weighted by Crippen LogP contribution is -1.96. The third-order valence-corrected chi connectivity index (χ3v) is 4.20. The van der Waals surface area contributed by atoms with Crippen molar-refractivity contribution in [2.45, 2.75) is 13.8 Å². The van der Waals surface area contributed by atoms with E-state index in [0.717, 1.165) is 27.9 Å². The van der Waals surface area contributed by atoms with Gasteiger partial charge in [0, 0.05) is 21.7 Å². The van der Waals surface area contributed by atoms with Crippen LogP contribution in [0.5, 0.6) is 5.75 Å². The summed E-state index contributed by atoms with van der Waals surface area (Å²) in [6.45, 7) is 3.79. The first-order valence-corrected chi connectivity index (χ1v) is 7.85. The van der Waals surface area contributed by atoms with Gasteiger partial charge in [-0.1, -0.05) is 23.7 Å². The van der Waals surface area contributed by atoms with Crippen LogP contribution in [0.2, 0.25) is 5.02 Å². The van der Waals surface area contributed by atoms with E-state index in [1.165, 1.54) is 0 Å². The number of aromatic hydroxyl groups is 1. The van der Waals surface area contributed by atoms with Gasteiger partial charge in [-0.25, -0.2) is 0 Å². The lowest BCUT2D eigenvalue weighted by Gasteiger charge is -2.12. The lowest BCUT2D eigenvalue weighted by atomic mass is 9.96. The zero-order valence-electron chi connectivity index (χ0n) is 13.3. The van der Waals surface area contributed by atoms with Crippen LogP contribution in [0.25, 0.3) is 22.4 Å². The second-order valence-electron chi connectivity index (χ2n) is 5.66. The molecule has 1 aromatic heterocycles. The fourth-order valence-electron chi connectivity index (χ4n) is 2.64. The number of hydrogen-bond donors (Lipinski definition) is 1. The fourth-order valence-corrected chi connectivity index (χ4v) is 2.98. The molecule has 0 amide bonds. The van der Waals surface area contributed by atoms with Crippen molar-refractivity contribution in [1.29, 1.82) is 5.26 Å². The summed E-state index contributed by atoms with van der Waals surface area (Å²) in [6, 6.07) is 16.7. The second kappa shape index (κ2) is 6.35. The average Bonchev–Trinajstić information content (AvgIpc) is 2.55. The molecule has 2 aromatic carbocycles. The van der Waals surface area contributed by atoms with Crippen molar-refractivity contribution >= 4 is 11.6 Å². The average molecular weight is 335 g/mol. The number of aromatic nitrogens is 1. The maximum Gasteiger partial charge on any atom is 0.115 e. The largest absolute Gasteiger partial charge is 0.508 e. The molecule has 24 heavy (non-hydrogen) atoms. The Balaban J connectivity index is 2.24. The first-order chi connectivity index (χ1) is 11.5. The normalized spacial score (nSPS) is 10.4. The molecule has 0 spiro atoms. The third kappa shape index (κ3) is 2.97. The van der Waals surface area contributed by atoms with Gasteiger partial charge in [-0.05, 0) is 55.8 Å². The molecule has 3 nitrogen and oxygen atoms in total. The van der Waals surface area contributed by atoms with Crippen LogP contribution in [0.4, 0.5) is 0 Å². The molecule has 1 N–H and O–H groups in total. The molecule has 118 valence electrons. The van der Waals surface area contributed by atoms with E-state index in [4.69, 9.17) is 11.6 Å². The fraction of sp³-hybridized carbons (Fsp3) is 0.100. The summed E-state index contributed by atoms with van der Waals surface area (Å²) in [5.74, 6) is 0.200. The van der Waals surface area contributed by atoms with Crippen LogP contribution >= 0.6 is 11.6 Å². The highest BCUT2D eigenvalue weighted by molar-refractivity contribution is 6.33. The summed E-state index contributed by atoms with van der Waals surface area (Å²) in [6.07, 6.45) is 0. The lowest BCUT2D eigenvalue weighted by molar-refractivity contribution is 0.475. The van der Waals surface area contributed by atoms with Gasteiger partial charge in [0.1, 0.15) is 11.8 Å². The van der Waals surface area contributed by atoms with Crippen LogP contribution in [-0.2, 0) is 0 Å². The highest BCUT2D eigenvalue weighted by Crippen LogP contribution is 2.34. The van der Waals surface area contributed by atoms with Gasteiger partial charge in [0.15, 0.2) is 0 Å². The monoisotopic (exact) mass is 334 g/mol. The van der Waals surface area contributed by atoms with Crippen molar-refractivity contribution < 1.29 is 5.11 Å². The van der Waals surface area contributed by atoms with Crippen LogP contribution in [0.3, 0.4) is 0 Å². The van der Waals surface area contributed by atoms with Crippen LogP contribution in [-0.4, -0.2) is 10.1 Å². The Kier molecular flexibility index (Phi) is 4.24. The quantitative estimate of drug-likeness (QED) is 0.695. The molecule has 0 unspecified atom stereocenters. The zero-order valence-corrected chi connectivity index (χ0v) is 14.1. The molecule has 0 atom stereocenters. The van der Waals surface area contributed by atoms with Gasteiger partial charge in [-0.3, -0.25) is 4.98 Å². The molecule has 0 bridgehead atoms. The molecule has 0 fully saturated rings. The second-order valence-corrected chi connectivity index (χ2v) is 6.06. The Morgan fingerprint density at radius 2 is 1.71 bits per heavy atom. The SMILES string of the molecule is Cc1ccc(-c2cc(-c3ccc(O)cc3)nc(C)c2C#N)c(Cl)c1. The van der Waals surface area contributed by atoms with Gasteiger partial charge < -0.3 is 5.11 Å². The van der Waals surface area contributed by atoms with E-state index in [-0.39, 0.29) is 5.75 Å². The van der Waals surface area contributed by atoms with Crippen molar-refractivity contribution in [3.8, 4) is 34.2 Å². The third-order valence-electron chi connectivity index (χ3n) is 3.89. The summed E-state index contributed by atoms with van der Waals surface area (Å²) >= 11 is 6.40. The van der Waals surface area contributed by atoms with Crippen LogP contribution in [0, 0.1) is 25.2 Å². The van der Waals surface area contributed by atoms with Crippen molar-refractivity contribution in [1.82, 2.24) is 4.98 Å². The van der Waals surface area contributed by atoms with E-state index in [1.807, 2.05) is 38.1 Å². The number of halogens is 1. The molecule has 0 radical (unpaired) electrons. The van der Waals surface area contributed by atoms with E-state index < -0.39 is 0 Å². The molecular weight excluding hydrogens is 320 g/mol. The number of phenols is 1. The van der Waals surface area contributed by atoms with Gasteiger partial charge in [-0.15, -0.1) is 0 Å². The van der Waals surface area contributed by atoms with Crippen LogP contribution in [0.1, 0.15) is 16.8 Å². The molecule has 0 aliphatic carbocycles. The van der Waals surface area contributed by atoms with Crippen molar-refractivity contribution in [3.05, 3.63) is 70.4 Å². The van der Waals surface area contributed by atoms with Gasteiger partial charge in [0.25, 0.3) is 0 Å². The number of pyridine rings is 1. The molecule has 3 rings (SSSR count). The molecule has 3 aromatic rings. The molecule has 0 aliphatic rings. The highest BCUT2D eigenvalue weighted by Gasteiger charge is 2.15. The predicted molar refractivity (Wildman–Crippen MR) is 96.0 cm³/mol. The Morgan fingerprint density at radius 1 is 1.00 bits per heavy atom. The number of rotatable bonds is 2. The van der Waals surface area contributed by atoms with E-state index in [1.54, 1.807) is 24.3 Å². The summed E-state index contributed by atoms with van der Waals surface area (Å²) in [4.78, 5) is 4.53. The van der Waals surface area contributed by atoms with Gasteiger partial charge in [0.05, 0.1) is 17.0 Å². The summed E-state index contributed by atoms with van der Waals surface area (Å²) in [5.41, 5.74) is 5.40. The summed E-state index contributed by atoms with van der Waals surface area (Å²) in [7, 11) is 0. The smallest absolute Gasteiger partial charge is 0.115 e. The Morgan fingerprint density at radius 3 is 2.33 bits per heavy atom. The maximum atomic E-state index is 9.54. The molecule has 0 aliphatic heterocycles. The molecular formula is C20H15ClN2O. The van der Waals surface area contributed by atoms with Gasteiger partial charge in [0.2, 0.25) is 0 Å². The maximum absolute atomic E-state index is 9.54. The van der Waals surface area contributed by atoms with Crippen LogP contribution < -0.4 is 0 Å². The van der Waals surface area contributed by atoms with Gasteiger partial charge in [-0.2, -0.15) is 5.26 Å². The predicted octanol–water partition coefficient (Wildman–Crippen LogP) is 5.26. The molecule has 1 heterocycles. The minimum Gasteiger partial charge on any atom is -0.508 e. The van der Waals surface area contributed by atoms with Crippen molar-refractivity contribution in [3.63, 3.8) is 0 Å². The Hall–Kier alpha value is -2.83. The number of benzene rings is 2. The topological polar surface area (TPSA) is 56.9 Å². The molecule has 0 saturated carbocycles. The summed E-state index contributed by atoms with van der Waals surface area (Å²) in [5, 5.41) is 19.6. The minimum atomic E-state index is 0.200. The van der Waals surface area contributed by atoms with E-state index in [2.05, 4.69) is 11.1 Å². The van der Waals surface area contributed by atoms with E-state index in [9.17, 15) is 10.4 Å². The zero-order chi connectivity index (χ0) is 17.3. The van der Waals surface area contributed by atoms with Crippen molar-refractivity contribution in [2.24, 2.45) is 0 Å². The molecule has 0 saturated heterocycles. The van der Waals surface area contributed by atoms with E-state index >= 15 is 0 Å². The first-order valence-electron chi connectivity index (χ1n) is 7.47. The standard InChI is InChI=1S/C20H15ClN2O/c1-12-3-8-16(19(21)9-12)17-10-20(23-13(2)18(17)11-22)14-4-6-15(24)7-5-14/h3-10,24H,1-2H3. The number of phenolic OH excluding ortho intramolecular Hbond substituents is 1. The number of nitrogens with zero attached hydrogens (tertiary/aromatic N) is 2. The highest BCUT2D eigenvalue weighted by atomic mass is 35.5. The number of hydrogen-bond acceptors (Lipinski definition) is 3. The Bertz CT molecular complexity index is 957. The van der Waals surface area contributed by atoms with Crippen molar-refractivity contribution in [2.75, 3.05) is 0 Å². The first kappa shape index (κ1) is 16.0. The number of nitriles is 1.